The van der Waals surface area contributed by atoms with Crippen LogP contribution in [0.1, 0.15) is 60.5 Å². The number of nitrogens with two attached hydrogens (primary N) is 1. The Kier molecular flexibility index (Phi) is 14.1. The van der Waals surface area contributed by atoms with E-state index in [2.05, 4.69) is 31.6 Å². The average molecular weight is 590 g/mol. The second-order valence-corrected chi connectivity index (χ2v) is 10.8. The van der Waals surface area contributed by atoms with Gasteiger partial charge in [-0.2, -0.15) is 4.99 Å². The van der Waals surface area contributed by atoms with E-state index in [0.29, 0.717) is 5.56 Å². The molecule has 0 aliphatic rings. The van der Waals surface area contributed by atoms with Crippen LogP contribution in [0, 0.1) is 11.8 Å². The molecule has 0 bridgehead atoms. The molecule has 232 valence electrons. The average Bonchev–Trinajstić information content (AvgIpc) is 2.86. The van der Waals surface area contributed by atoms with Crippen molar-refractivity contribution in [2.75, 3.05) is 0 Å². The van der Waals surface area contributed by atoms with E-state index in [9.17, 15) is 33.9 Å². The number of amides is 6. The van der Waals surface area contributed by atoms with Gasteiger partial charge in [-0.05, 0) is 42.9 Å². The van der Waals surface area contributed by atoms with Crippen LogP contribution in [0.15, 0.2) is 29.3 Å². The second kappa shape index (κ2) is 16.7. The molecule has 0 fully saturated rings. The minimum atomic E-state index is -1.15. The number of nitrogens with one attached hydrogen (secondary N) is 5. The molecular formula is C28H43N7O7. The summed E-state index contributed by atoms with van der Waals surface area (Å²) in [6, 6.07) is 1.76. The fraction of sp³-hybridized carbons (Fsp3) is 0.536. The number of rotatable bonds is 13. The van der Waals surface area contributed by atoms with E-state index in [1.54, 1.807) is 26.0 Å². The molecule has 0 heterocycles. The molecule has 1 aromatic carbocycles. The van der Waals surface area contributed by atoms with Crippen LogP contribution in [0.5, 0.6) is 5.75 Å². The van der Waals surface area contributed by atoms with Crippen molar-refractivity contribution in [3.8, 4) is 5.75 Å². The van der Waals surface area contributed by atoms with Crippen LogP contribution in [0.3, 0.4) is 0 Å². The molecule has 1 rings (SSSR count). The van der Waals surface area contributed by atoms with Crippen LogP contribution in [0.2, 0.25) is 0 Å². The first-order valence-corrected chi connectivity index (χ1v) is 13.6. The zero-order valence-corrected chi connectivity index (χ0v) is 25.1. The van der Waals surface area contributed by atoms with Crippen LogP contribution < -0.4 is 32.3 Å². The van der Waals surface area contributed by atoms with Crippen molar-refractivity contribution in [3.05, 3.63) is 29.8 Å². The van der Waals surface area contributed by atoms with Gasteiger partial charge < -0.3 is 32.1 Å². The molecule has 6 amide bonds. The van der Waals surface area contributed by atoms with E-state index in [0.717, 1.165) is 0 Å². The Morgan fingerprint density at radius 1 is 0.786 bits per heavy atom. The Morgan fingerprint density at radius 2 is 1.36 bits per heavy atom. The SMILES string of the molecule is CC(=O)NC(N)=NC(=O)[C@H](CC(C)C)NC(=O)[C@H](C)NC(=O)[C@H](Cc1ccc(O)cc1)NC(=O)[C@@H](NC(C)=O)C(C)C. The standard InChI is InChI=1S/C28H43N7O7/c1-14(2)12-21(26(41)35-28(29)32-18(7)37)33-24(39)16(5)30-25(40)22(13-19-8-10-20(38)11-9-19)34-27(42)23(15(3)4)31-17(6)36/h8-11,14-16,21-23,38H,12-13H2,1-7H3,(H,30,40)(H,31,36)(H,33,39)(H,34,42)(H3,29,32,35,37,41)/t16-,21-,22-,23-/m0/s1. The molecule has 0 unspecified atom stereocenters. The lowest BCUT2D eigenvalue weighted by Gasteiger charge is -2.26. The van der Waals surface area contributed by atoms with Gasteiger partial charge >= 0.3 is 0 Å². The molecule has 0 aromatic heterocycles. The molecule has 0 aliphatic heterocycles. The molecule has 14 heteroatoms. The molecule has 4 atom stereocenters. The number of carbonyl (C=O) groups is 6. The van der Waals surface area contributed by atoms with E-state index < -0.39 is 65.6 Å². The van der Waals surface area contributed by atoms with Crippen molar-refractivity contribution in [1.29, 1.82) is 0 Å². The summed E-state index contributed by atoms with van der Waals surface area (Å²) in [6.45, 7) is 11.0. The van der Waals surface area contributed by atoms with E-state index in [1.807, 2.05) is 13.8 Å². The summed E-state index contributed by atoms with van der Waals surface area (Å²) in [4.78, 5) is 78.5. The maximum Gasteiger partial charge on any atom is 0.271 e. The summed E-state index contributed by atoms with van der Waals surface area (Å²) in [6.07, 6.45) is 0.226. The predicted molar refractivity (Wildman–Crippen MR) is 156 cm³/mol. The van der Waals surface area contributed by atoms with E-state index in [1.165, 1.54) is 32.9 Å². The van der Waals surface area contributed by atoms with Gasteiger partial charge in [0.25, 0.3) is 5.91 Å². The maximum absolute atomic E-state index is 13.3. The number of carbonyl (C=O) groups excluding carboxylic acids is 6. The lowest BCUT2D eigenvalue weighted by atomic mass is 10.0. The summed E-state index contributed by atoms with van der Waals surface area (Å²) in [5.74, 6) is -4.38. The van der Waals surface area contributed by atoms with Crippen molar-refractivity contribution in [3.63, 3.8) is 0 Å². The Balaban J connectivity index is 3.12. The van der Waals surface area contributed by atoms with Crippen LogP contribution >= 0.6 is 0 Å². The summed E-state index contributed by atoms with van der Waals surface area (Å²) in [5, 5.41) is 22.1. The minimum absolute atomic E-state index is 0.0165. The first-order chi connectivity index (χ1) is 19.5. The zero-order chi connectivity index (χ0) is 32.1. The van der Waals surface area contributed by atoms with Gasteiger partial charge in [-0.25, -0.2) is 0 Å². The predicted octanol–water partition coefficient (Wildman–Crippen LogP) is -0.407. The number of hydrogen-bond donors (Lipinski definition) is 7. The number of aliphatic imine (C=N–C) groups is 1. The first kappa shape index (κ1) is 35.5. The van der Waals surface area contributed by atoms with Gasteiger partial charge in [0.2, 0.25) is 35.5 Å². The summed E-state index contributed by atoms with van der Waals surface area (Å²) in [5.41, 5.74) is 6.18. The van der Waals surface area contributed by atoms with E-state index in [4.69, 9.17) is 5.73 Å². The van der Waals surface area contributed by atoms with E-state index >= 15 is 0 Å². The topological polar surface area (TPSA) is 221 Å². The van der Waals surface area contributed by atoms with Gasteiger partial charge in [0.1, 0.15) is 29.9 Å². The summed E-state index contributed by atoms with van der Waals surface area (Å²) >= 11 is 0. The molecule has 1 aromatic rings. The highest BCUT2D eigenvalue weighted by atomic mass is 16.3. The number of phenolic OH excluding ortho intramolecular Hbond substituents is 1. The molecule has 14 nitrogen and oxygen atoms in total. The number of benzene rings is 1. The molecule has 0 radical (unpaired) electrons. The van der Waals surface area contributed by atoms with Gasteiger partial charge in [0.15, 0.2) is 0 Å². The smallest absolute Gasteiger partial charge is 0.271 e. The third-order valence-electron chi connectivity index (χ3n) is 5.93. The number of phenols is 1. The quantitative estimate of drug-likeness (QED) is 0.118. The lowest BCUT2D eigenvalue weighted by molar-refractivity contribution is -0.134. The van der Waals surface area contributed by atoms with Crippen LogP contribution in [0.4, 0.5) is 0 Å². The molecule has 0 aliphatic carbocycles. The third kappa shape index (κ3) is 12.8. The number of nitrogens with zero attached hydrogens (tertiary/aromatic N) is 1. The maximum atomic E-state index is 13.3. The van der Waals surface area contributed by atoms with Gasteiger partial charge in [-0.15, -0.1) is 0 Å². The minimum Gasteiger partial charge on any atom is -0.508 e. The van der Waals surface area contributed by atoms with Crippen molar-refractivity contribution in [2.45, 2.75) is 85.5 Å². The highest BCUT2D eigenvalue weighted by Crippen LogP contribution is 2.13. The van der Waals surface area contributed by atoms with Gasteiger partial charge in [-0.1, -0.05) is 39.8 Å². The largest absolute Gasteiger partial charge is 0.508 e. The number of guanidine groups is 1. The van der Waals surface area contributed by atoms with E-state index in [-0.39, 0.29) is 30.4 Å². The fourth-order valence-electron chi connectivity index (χ4n) is 3.87. The van der Waals surface area contributed by atoms with Crippen LogP contribution in [-0.2, 0) is 35.2 Å². The Morgan fingerprint density at radius 3 is 1.86 bits per heavy atom. The molecule has 0 spiro atoms. The molecule has 8 N–H and O–H groups in total. The third-order valence-corrected chi connectivity index (χ3v) is 5.93. The highest BCUT2D eigenvalue weighted by Gasteiger charge is 2.31. The molecule has 0 saturated carbocycles. The number of aromatic hydroxyl groups is 1. The van der Waals surface area contributed by atoms with Gasteiger partial charge in [0, 0.05) is 20.3 Å². The van der Waals surface area contributed by atoms with Crippen molar-refractivity contribution >= 4 is 41.4 Å². The van der Waals surface area contributed by atoms with Crippen LogP contribution in [-0.4, -0.2) is 70.7 Å². The Labute approximate surface area is 245 Å². The summed E-state index contributed by atoms with van der Waals surface area (Å²) in [7, 11) is 0. The van der Waals surface area contributed by atoms with Gasteiger partial charge in [0.05, 0.1) is 0 Å². The monoisotopic (exact) mass is 589 g/mol. The Bertz CT molecular complexity index is 1170. The molecule has 0 saturated heterocycles. The van der Waals surface area contributed by atoms with Gasteiger partial charge in [-0.3, -0.25) is 34.1 Å². The fourth-order valence-corrected chi connectivity index (χ4v) is 3.87. The van der Waals surface area contributed by atoms with Crippen molar-refractivity contribution in [1.82, 2.24) is 26.6 Å². The first-order valence-electron chi connectivity index (χ1n) is 13.6. The normalized spacial score (nSPS) is 14.3. The van der Waals surface area contributed by atoms with Crippen molar-refractivity contribution in [2.24, 2.45) is 22.6 Å². The Hall–Kier alpha value is -4.49. The molecular weight excluding hydrogens is 546 g/mol. The van der Waals surface area contributed by atoms with Crippen LogP contribution in [0.25, 0.3) is 0 Å². The summed E-state index contributed by atoms with van der Waals surface area (Å²) < 4.78 is 0. The molecule has 42 heavy (non-hydrogen) atoms. The van der Waals surface area contributed by atoms with Crippen molar-refractivity contribution < 1.29 is 33.9 Å². The number of hydrogen-bond acceptors (Lipinski definition) is 7. The zero-order valence-electron chi connectivity index (χ0n) is 25.1. The lowest BCUT2D eigenvalue weighted by Crippen LogP contribution is -2.58. The second-order valence-electron chi connectivity index (χ2n) is 10.8. The highest BCUT2D eigenvalue weighted by molar-refractivity contribution is 6.02.